The van der Waals surface area contributed by atoms with Crippen molar-refractivity contribution in [1.82, 2.24) is 4.98 Å². The van der Waals surface area contributed by atoms with Gasteiger partial charge in [0.25, 0.3) is 0 Å². The smallest absolute Gasteiger partial charge is 0.105 e. The summed E-state index contributed by atoms with van der Waals surface area (Å²) in [6, 6.07) is 3.91. The van der Waals surface area contributed by atoms with Gasteiger partial charge in [-0.2, -0.15) is 0 Å². The fraction of sp³-hybridized carbons (Fsp3) is 0.250. The Morgan fingerprint density at radius 3 is 2.94 bits per heavy atom. The van der Waals surface area contributed by atoms with Gasteiger partial charge in [-0.3, -0.25) is 4.98 Å². The highest BCUT2D eigenvalue weighted by molar-refractivity contribution is 9.10. The molecular formula is C12H13BrN2O. The molecule has 0 aromatic carbocycles. The number of aryl methyl sites for hydroxylation is 1. The minimum absolute atomic E-state index is 0.0464. The zero-order valence-corrected chi connectivity index (χ0v) is 10.6. The van der Waals surface area contributed by atoms with Crippen LogP contribution in [0.1, 0.15) is 22.9 Å². The molecule has 0 amide bonds. The highest BCUT2D eigenvalue weighted by Gasteiger charge is 2.12. The summed E-state index contributed by atoms with van der Waals surface area (Å²) in [7, 11) is 0. The number of nitrogens with two attached hydrogens (primary N) is 1. The van der Waals surface area contributed by atoms with Crippen molar-refractivity contribution in [3.8, 4) is 0 Å². The van der Waals surface area contributed by atoms with Crippen LogP contribution in [0.2, 0.25) is 0 Å². The Morgan fingerprint density at radius 2 is 2.31 bits per heavy atom. The molecule has 2 rings (SSSR count). The van der Waals surface area contributed by atoms with Gasteiger partial charge >= 0.3 is 0 Å². The summed E-state index contributed by atoms with van der Waals surface area (Å²) in [5.41, 5.74) is 8.29. The average Bonchev–Trinajstić information content (AvgIpc) is 2.64. The molecule has 2 aromatic heterocycles. The lowest BCUT2D eigenvalue weighted by atomic mass is 10.0. The summed E-state index contributed by atoms with van der Waals surface area (Å²) < 4.78 is 6.22. The number of rotatable bonds is 3. The number of halogens is 1. The Labute approximate surface area is 103 Å². The van der Waals surface area contributed by atoms with Crippen LogP contribution in [0.25, 0.3) is 0 Å². The van der Waals surface area contributed by atoms with E-state index in [4.69, 9.17) is 10.2 Å². The highest BCUT2D eigenvalue weighted by atomic mass is 79.9. The molecule has 1 unspecified atom stereocenters. The largest absolute Gasteiger partial charge is 0.469 e. The van der Waals surface area contributed by atoms with Crippen LogP contribution in [-0.4, -0.2) is 4.98 Å². The molecule has 4 heteroatoms. The molecule has 3 nitrogen and oxygen atoms in total. The lowest BCUT2D eigenvalue weighted by Crippen LogP contribution is -2.13. The van der Waals surface area contributed by atoms with Crippen molar-refractivity contribution in [2.75, 3.05) is 0 Å². The van der Waals surface area contributed by atoms with Gasteiger partial charge in [-0.25, -0.2) is 0 Å². The lowest BCUT2D eigenvalue weighted by molar-refractivity contribution is 0.524. The van der Waals surface area contributed by atoms with Gasteiger partial charge in [0.2, 0.25) is 0 Å². The van der Waals surface area contributed by atoms with Gasteiger partial charge in [-0.1, -0.05) is 0 Å². The van der Waals surface area contributed by atoms with Gasteiger partial charge in [0.1, 0.15) is 5.76 Å². The highest BCUT2D eigenvalue weighted by Crippen LogP contribution is 2.21. The van der Waals surface area contributed by atoms with E-state index in [1.807, 2.05) is 25.3 Å². The minimum Gasteiger partial charge on any atom is -0.469 e. The van der Waals surface area contributed by atoms with E-state index in [2.05, 4.69) is 20.9 Å². The number of furan rings is 1. The molecule has 0 aliphatic carbocycles. The summed E-state index contributed by atoms with van der Waals surface area (Å²) >= 11 is 3.39. The zero-order valence-electron chi connectivity index (χ0n) is 8.98. The molecule has 0 spiro atoms. The van der Waals surface area contributed by atoms with Crippen LogP contribution >= 0.6 is 15.9 Å². The number of aromatic nitrogens is 1. The fourth-order valence-corrected chi connectivity index (χ4v) is 2.12. The summed E-state index contributed by atoms with van der Waals surface area (Å²) in [5.74, 6) is 0.885. The Morgan fingerprint density at radius 1 is 1.50 bits per heavy atom. The van der Waals surface area contributed by atoms with Gasteiger partial charge in [-0.05, 0) is 47.0 Å². The predicted molar refractivity (Wildman–Crippen MR) is 66.0 cm³/mol. The number of nitrogens with zero attached hydrogens (tertiary/aromatic N) is 1. The Hall–Kier alpha value is -1.13. The molecule has 1 atom stereocenters. The lowest BCUT2D eigenvalue weighted by Gasteiger charge is -2.10. The Kier molecular flexibility index (Phi) is 3.41. The van der Waals surface area contributed by atoms with Crippen molar-refractivity contribution < 1.29 is 4.42 Å². The van der Waals surface area contributed by atoms with Gasteiger partial charge in [0.05, 0.1) is 6.26 Å². The molecule has 0 aliphatic heterocycles. The quantitative estimate of drug-likeness (QED) is 0.941. The van der Waals surface area contributed by atoms with Crippen LogP contribution in [0.15, 0.2) is 39.7 Å². The zero-order chi connectivity index (χ0) is 11.5. The third-order valence-electron chi connectivity index (χ3n) is 2.52. The number of hydrogen-bond donors (Lipinski definition) is 1. The normalized spacial score (nSPS) is 12.7. The monoisotopic (exact) mass is 280 g/mol. The molecule has 0 saturated heterocycles. The summed E-state index contributed by atoms with van der Waals surface area (Å²) in [6.07, 6.45) is 6.02. The Balaban J connectivity index is 2.14. The van der Waals surface area contributed by atoms with Gasteiger partial charge in [0.15, 0.2) is 0 Å². The molecule has 2 N–H and O–H groups in total. The van der Waals surface area contributed by atoms with Crippen LogP contribution < -0.4 is 5.73 Å². The summed E-state index contributed by atoms with van der Waals surface area (Å²) in [5, 5.41) is 0. The summed E-state index contributed by atoms with van der Waals surface area (Å²) in [6.45, 7) is 1.92. The van der Waals surface area contributed by atoms with E-state index in [9.17, 15) is 0 Å². The first-order valence-electron chi connectivity index (χ1n) is 5.06. The molecule has 0 fully saturated rings. The minimum atomic E-state index is -0.0464. The van der Waals surface area contributed by atoms with Crippen molar-refractivity contribution in [1.29, 1.82) is 0 Å². The standard InChI is InChI=1S/C12H13BrN2O/c1-8-11(2-3-16-8)12(14)5-9-4-10(13)7-15-6-9/h2-4,6-7,12H,5,14H2,1H3. The first kappa shape index (κ1) is 11.4. The molecule has 0 saturated carbocycles. The third kappa shape index (κ3) is 2.51. The van der Waals surface area contributed by atoms with E-state index in [1.54, 1.807) is 12.5 Å². The van der Waals surface area contributed by atoms with Crippen molar-refractivity contribution in [3.63, 3.8) is 0 Å². The SMILES string of the molecule is Cc1occc1C(N)Cc1cncc(Br)c1. The van der Waals surface area contributed by atoms with Crippen LogP contribution in [0.5, 0.6) is 0 Å². The summed E-state index contributed by atoms with van der Waals surface area (Å²) in [4.78, 5) is 4.12. The van der Waals surface area contributed by atoms with Gasteiger partial charge in [0, 0.05) is 28.5 Å². The van der Waals surface area contributed by atoms with Crippen LogP contribution in [0.3, 0.4) is 0 Å². The molecule has 0 bridgehead atoms. The van der Waals surface area contributed by atoms with E-state index in [0.29, 0.717) is 0 Å². The molecule has 2 aromatic rings. The topological polar surface area (TPSA) is 52.0 Å². The average molecular weight is 281 g/mol. The van der Waals surface area contributed by atoms with Crippen molar-refractivity contribution in [2.24, 2.45) is 5.73 Å². The van der Waals surface area contributed by atoms with Crippen molar-refractivity contribution >= 4 is 15.9 Å². The molecule has 0 radical (unpaired) electrons. The fourth-order valence-electron chi connectivity index (χ4n) is 1.71. The maximum atomic E-state index is 6.12. The van der Waals surface area contributed by atoms with Crippen molar-refractivity contribution in [3.05, 3.63) is 52.1 Å². The molecule has 2 heterocycles. The van der Waals surface area contributed by atoms with E-state index in [0.717, 1.165) is 27.8 Å². The molecular weight excluding hydrogens is 268 g/mol. The van der Waals surface area contributed by atoms with Gasteiger partial charge < -0.3 is 10.2 Å². The maximum absolute atomic E-state index is 6.12. The van der Waals surface area contributed by atoms with Crippen LogP contribution in [-0.2, 0) is 6.42 Å². The second-order valence-corrected chi connectivity index (χ2v) is 4.67. The number of hydrogen-bond acceptors (Lipinski definition) is 3. The third-order valence-corrected chi connectivity index (χ3v) is 2.95. The van der Waals surface area contributed by atoms with E-state index in [1.165, 1.54) is 0 Å². The van der Waals surface area contributed by atoms with E-state index < -0.39 is 0 Å². The predicted octanol–water partition coefficient (Wildman–Crippen LogP) is 2.99. The molecule has 0 aliphatic rings. The van der Waals surface area contributed by atoms with Crippen molar-refractivity contribution in [2.45, 2.75) is 19.4 Å². The maximum Gasteiger partial charge on any atom is 0.105 e. The van der Waals surface area contributed by atoms with E-state index in [-0.39, 0.29) is 6.04 Å². The first-order chi connectivity index (χ1) is 7.66. The van der Waals surface area contributed by atoms with Crippen LogP contribution in [0, 0.1) is 6.92 Å². The second-order valence-electron chi connectivity index (χ2n) is 3.75. The van der Waals surface area contributed by atoms with E-state index >= 15 is 0 Å². The first-order valence-corrected chi connectivity index (χ1v) is 5.85. The molecule has 84 valence electrons. The Bertz CT molecular complexity index is 481. The molecule has 16 heavy (non-hydrogen) atoms. The number of pyridine rings is 1. The van der Waals surface area contributed by atoms with Gasteiger partial charge in [-0.15, -0.1) is 0 Å². The van der Waals surface area contributed by atoms with Crippen LogP contribution in [0.4, 0.5) is 0 Å². The second kappa shape index (κ2) is 4.80.